The molecule has 2 N–H and O–H groups in total. The first-order valence-corrected chi connectivity index (χ1v) is 11.1. The summed E-state index contributed by atoms with van der Waals surface area (Å²) in [5, 5.41) is 4.86. The van der Waals surface area contributed by atoms with Gasteiger partial charge in [-0.25, -0.2) is 0 Å². The second kappa shape index (κ2) is 8.99. The smallest absolute Gasteiger partial charge is 0.193 e. The molecule has 0 bridgehead atoms. The number of guanidine groups is 1. The summed E-state index contributed by atoms with van der Waals surface area (Å²) in [6.45, 7) is 12.2. The van der Waals surface area contributed by atoms with Crippen molar-refractivity contribution in [2.24, 2.45) is 10.9 Å². The molecule has 1 unspecified atom stereocenters. The average molecular weight is 382 g/mol. The zero-order valence-corrected chi connectivity index (χ0v) is 17.5. The highest BCUT2D eigenvalue weighted by Gasteiger charge is 2.27. The topological polar surface area (TPSA) is 46.7 Å². The summed E-state index contributed by atoms with van der Waals surface area (Å²) in [5.74, 6) is 1.89. The number of benzene rings is 1. The monoisotopic (exact) mass is 381 g/mol. The second-order valence-corrected chi connectivity index (χ2v) is 8.41. The van der Waals surface area contributed by atoms with E-state index in [1.807, 2.05) is 0 Å². The number of likely N-dealkylation sites (tertiary alicyclic amines) is 2. The number of nitrogens with zero attached hydrogens (tertiary/aromatic N) is 3. The molecular weight excluding hydrogens is 346 g/mol. The molecule has 2 aromatic rings. The number of hydrogen-bond donors (Lipinski definition) is 2. The van der Waals surface area contributed by atoms with E-state index in [1.54, 1.807) is 0 Å². The fraction of sp³-hybridized carbons (Fsp3) is 0.609. The van der Waals surface area contributed by atoms with Crippen LogP contribution in [0.15, 0.2) is 29.4 Å². The van der Waals surface area contributed by atoms with Crippen molar-refractivity contribution in [3.63, 3.8) is 0 Å². The van der Waals surface area contributed by atoms with Gasteiger partial charge in [0.25, 0.3) is 0 Å². The van der Waals surface area contributed by atoms with Crippen LogP contribution in [-0.4, -0.2) is 66.6 Å². The Bertz CT molecular complexity index is 802. The van der Waals surface area contributed by atoms with Gasteiger partial charge in [0, 0.05) is 49.8 Å². The van der Waals surface area contributed by atoms with Crippen molar-refractivity contribution in [2.75, 3.05) is 45.8 Å². The number of aromatic amines is 1. The van der Waals surface area contributed by atoms with Gasteiger partial charge in [-0.1, -0.05) is 18.2 Å². The predicted octanol–water partition coefficient (Wildman–Crippen LogP) is 3.40. The molecule has 2 aliphatic heterocycles. The van der Waals surface area contributed by atoms with Gasteiger partial charge in [-0.3, -0.25) is 4.99 Å². The number of fused-ring (bicyclic) bond motifs is 1. The minimum Gasteiger partial charge on any atom is -0.361 e. The molecule has 152 valence electrons. The predicted molar refractivity (Wildman–Crippen MR) is 118 cm³/mol. The van der Waals surface area contributed by atoms with Crippen LogP contribution in [0.3, 0.4) is 0 Å². The van der Waals surface area contributed by atoms with Crippen LogP contribution >= 0.6 is 0 Å². The SMILES string of the molecule is CCNC(=NCCc1c[nH]c2c(C)cccc12)N1CCC(CN2CCCC2)C1. The zero-order chi connectivity index (χ0) is 19.3. The van der Waals surface area contributed by atoms with Gasteiger partial charge in [-0.15, -0.1) is 0 Å². The van der Waals surface area contributed by atoms with Crippen LogP contribution in [0, 0.1) is 12.8 Å². The largest absolute Gasteiger partial charge is 0.361 e. The molecule has 2 aliphatic rings. The van der Waals surface area contributed by atoms with E-state index >= 15 is 0 Å². The van der Waals surface area contributed by atoms with Crippen LogP contribution in [0.2, 0.25) is 0 Å². The molecule has 1 aromatic carbocycles. The molecule has 3 heterocycles. The molecule has 0 aliphatic carbocycles. The van der Waals surface area contributed by atoms with E-state index in [-0.39, 0.29) is 0 Å². The third kappa shape index (κ3) is 4.35. The fourth-order valence-electron chi connectivity index (χ4n) is 4.78. The standard InChI is InChI=1S/C23H35N5/c1-3-24-23(28-14-10-19(17-28)16-27-12-4-5-13-27)25-11-9-20-15-26-22-18(2)7-6-8-21(20)22/h6-8,15,19,26H,3-5,9-14,16-17H2,1-2H3,(H,24,25). The minimum absolute atomic E-state index is 0.790. The van der Waals surface area contributed by atoms with Crippen LogP contribution < -0.4 is 5.32 Å². The lowest BCUT2D eigenvalue weighted by Gasteiger charge is -2.23. The van der Waals surface area contributed by atoms with Gasteiger partial charge in [-0.2, -0.15) is 0 Å². The molecule has 28 heavy (non-hydrogen) atoms. The lowest BCUT2D eigenvalue weighted by atomic mass is 10.1. The van der Waals surface area contributed by atoms with Crippen LogP contribution in [0.5, 0.6) is 0 Å². The number of H-pyrrole nitrogens is 1. The van der Waals surface area contributed by atoms with Crippen molar-refractivity contribution in [2.45, 2.75) is 39.5 Å². The van der Waals surface area contributed by atoms with Gasteiger partial charge in [0.05, 0.1) is 0 Å². The summed E-state index contributed by atoms with van der Waals surface area (Å²) >= 11 is 0. The van der Waals surface area contributed by atoms with E-state index in [0.717, 1.165) is 44.5 Å². The van der Waals surface area contributed by atoms with Gasteiger partial charge < -0.3 is 20.1 Å². The molecule has 0 spiro atoms. The number of aryl methyl sites for hydroxylation is 1. The third-order valence-electron chi connectivity index (χ3n) is 6.29. The van der Waals surface area contributed by atoms with Crippen molar-refractivity contribution < 1.29 is 0 Å². The zero-order valence-electron chi connectivity index (χ0n) is 17.5. The summed E-state index contributed by atoms with van der Waals surface area (Å²) < 4.78 is 0. The van der Waals surface area contributed by atoms with Gasteiger partial charge in [-0.05, 0) is 69.7 Å². The van der Waals surface area contributed by atoms with Crippen molar-refractivity contribution in [1.29, 1.82) is 0 Å². The van der Waals surface area contributed by atoms with Gasteiger partial charge in [0.2, 0.25) is 0 Å². The quantitative estimate of drug-likeness (QED) is 0.595. The molecule has 1 atom stereocenters. The van der Waals surface area contributed by atoms with Crippen LogP contribution in [0.4, 0.5) is 0 Å². The molecule has 5 nitrogen and oxygen atoms in total. The van der Waals surface area contributed by atoms with Crippen molar-refractivity contribution >= 4 is 16.9 Å². The van der Waals surface area contributed by atoms with Crippen molar-refractivity contribution in [3.05, 3.63) is 35.5 Å². The summed E-state index contributed by atoms with van der Waals surface area (Å²) in [7, 11) is 0. The normalized spacial score (nSPS) is 21.1. The number of hydrogen-bond acceptors (Lipinski definition) is 2. The minimum atomic E-state index is 0.790. The Hall–Kier alpha value is -2.01. The highest BCUT2D eigenvalue weighted by atomic mass is 15.3. The van der Waals surface area contributed by atoms with E-state index in [1.165, 1.54) is 60.9 Å². The molecule has 4 rings (SSSR count). The highest BCUT2D eigenvalue weighted by molar-refractivity contribution is 5.86. The summed E-state index contributed by atoms with van der Waals surface area (Å²) in [5.41, 5.74) is 3.94. The first-order chi connectivity index (χ1) is 13.7. The van der Waals surface area contributed by atoms with Crippen LogP contribution in [-0.2, 0) is 6.42 Å². The van der Waals surface area contributed by atoms with E-state index in [0.29, 0.717) is 0 Å². The molecule has 2 saturated heterocycles. The lowest BCUT2D eigenvalue weighted by Crippen LogP contribution is -2.41. The fourth-order valence-corrected chi connectivity index (χ4v) is 4.78. The van der Waals surface area contributed by atoms with Crippen LogP contribution in [0.25, 0.3) is 10.9 Å². The highest BCUT2D eigenvalue weighted by Crippen LogP contribution is 2.22. The van der Waals surface area contributed by atoms with Crippen LogP contribution in [0.1, 0.15) is 37.3 Å². The number of nitrogens with one attached hydrogen (secondary N) is 2. The second-order valence-electron chi connectivity index (χ2n) is 8.41. The Kier molecular flexibility index (Phi) is 6.20. The molecule has 5 heteroatoms. The van der Waals surface area contributed by atoms with E-state index < -0.39 is 0 Å². The summed E-state index contributed by atoms with van der Waals surface area (Å²) in [6.07, 6.45) is 7.19. The summed E-state index contributed by atoms with van der Waals surface area (Å²) in [6, 6.07) is 6.52. The molecule has 0 amide bonds. The molecule has 0 saturated carbocycles. The van der Waals surface area contributed by atoms with Gasteiger partial charge in [0.15, 0.2) is 5.96 Å². The Morgan fingerprint density at radius 1 is 1.25 bits per heavy atom. The molecular formula is C23H35N5. The van der Waals surface area contributed by atoms with E-state index in [4.69, 9.17) is 4.99 Å². The molecule has 1 aromatic heterocycles. The third-order valence-corrected chi connectivity index (χ3v) is 6.29. The van der Waals surface area contributed by atoms with Crippen molar-refractivity contribution in [3.8, 4) is 0 Å². The first-order valence-electron chi connectivity index (χ1n) is 11.1. The van der Waals surface area contributed by atoms with Gasteiger partial charge in [0.1, 0.15) is 0 Å². The summed E-state index contributed by atoms with van der Waals surface area (Å²) in [4.78, 5) is 13.5. The number of rotatable bonds is 6. The maximum Gasteiger partial charge on any atom is 0.193 e. The molecule has 0 radical (unpaired) electrons. The Labute approximate surface area is 169 Å². The van der Waals surface area contributed by atoms with Gasteiger partial charge >= 0.3 is 0 Å². The van der Waals surface area contributed by atoms with E-state index in [2.05, 4.69) is 58.3 Å². The maximum absolute atomic E-state index is 4.97. The number of aliphatic imine (C=N–C) groups is 1. The number of aromatic nitrogens is 1. The Balaban J connectivity index is 1.36. The Morgan fingerprint density at radius 3 is 2.93 bits per heavy atom. The maximum atomic E-state index is 4.97. The number of para-hydroxylation sites is 1. The van der Waals surface area contributed by atoms with E-state index in [9.17, 15) is 0 Å². The van der Waals surface area contributed by atoms with Crippen molar-refractivity contribution in [1.82, 2.24) is 20.1 Å². The first kappa shape index (κ1) is 19.3. The Morgan fingerprint density at radius 2 is 2.11 bits per heavy atom. The average Bonchev–Trinajstić information content (AvgIpc) is 3.44. The molecule has 2 fully saturated rings. The lowest BCUT2D eigenvalue weighted by molar-refractivity contribution is 0.281.